The Morgan fingerprint density at radius 2 is 2.28 bits per heavy atom. The van der Waals surface area contributed by atoms with E-state index in [1.807, 2.05) is 6.07 Å². The molecule has 18 heavy (non-hydrogen) atoms. The van der Waals surface area contributed by atoms with E-state index in [4.69, 9.17) is 5.26 Å². The average molecular weight is 288 g/mol. The van der Waals surface area contributed by atoms with Crippen molar-refractivity contribution >= 4 is 21.4 Å². The average Bonchev–Trinajstić information content (AvgIpc) is 2.69. The summed E-state index contributed by atoms with van der Waals surface area (Å²) in [6, 6.07) is 1.22. The maximum Gasteiger partial charge on any atom is 0.305 e. The van der Waals surface area contributed by atoms with E-state index in [1.165, 1.54) is 6.92 Å². The van der Waals surface area contributed by atoms with Gasteiger partial charge in [-0.15, -0.1) is 0 Å². The Morgan fingerprint density at radius 3 is 2.83 bits per heavy atom. The van der Waals surface area contributed by atoms with E-state index in [2.05, 4.69) is 10.3 Å². The molecular weight excluding hydrogens is 276 g/mol. The number of aromatic nitrogens is 1. The van der Waals surface area contributed by atoms with Crippen LogP contribution >= 0.6 is 11.3 Å². The summed E-state index contributed by atoms with van der Waals surface area (Å²) in [5.41, 5.74) is 0.320. The highest BCUT2D eigenvalue weighted by molar-refractivity contribution is 7.91. The minimum atomic E-state index is -3.78. The molecule has 7 nitrogen and oxygen atoms in total. The molecule has 1 atom stereocenters. The summed E-state index contributed by atoms with van der Waals surface area (Å²) in [6.45, 7) is 2.56. The number of aromatic amines is 1. The van der Waals surface area contributed by atoms with Crippen molar-refractivity contribution in [3.05, 3.63) is 15.4 Å². The number of aryl methyl sites for hydroxylation is 1. The summed E-state index contributed by atoms with van der Waals surface area (Å²) >= 11 is 0.657. The first-order valence-electron chi connectivity index (χ1n) is 5.28. The van der Waals surface area contributed by atoms with Crippen molar-refractivity contribution in [1.82, 2.24) is 14.6 Å². The fraction of sp³-hybridized carbons (Fsp3) is 0.556. The Morgan fingerprint density at radius 1 is 1.56 bits per heavy atom. The molecule has 0 bridgehead atoms. The van der Waals surface area contributed by atoms with Gasteiger partial charge < -0.3 is 10.3 Å². The summed E-state index contributed by atoms with van der Waals surface area (Å²) in [5, 5.41) is 11.9. The number of nitrogens with zero attached hydrogens (tertiary/aromatic N) is 2. The third-order valence-electron chi connectivity index (χ3n) is 2.67. The molecule has 1 aromatic rings. The first-order chi connectivity index (χ1) is 8.46. The third kappa shape index (κ3) is 2.20. The van der Waals surface area contributed by atoms with Gasteiger partial charge in [-0.1, -0.05) is 11.3 Å². The summed E-state index contributed by atoms with van der Waals surface area (Å²) in [7, 11) is -3.78. The van der Waals surface area contributed by atoms with Gasteiger partial charge in [0.1, 0.15) is 6.04 Å². The number of piperazine rings is 1. The Labute approximate surface area is 108 Å². The zero-order valence-electron chi connectivity index (χ0n) is 9.63. The number of nitriles is 1. The van der Waals surface area contributed by atoms with E-state index in [0.717, 1.165) is 4.31 Å². The fourth-order valence-corrected chi connectivity index (χ4v) is 4.78. The number of hydrogen-bond donors (Lipinski definition) is 2. The lowest BCUT2D eigenvalue weighted by molar-refractivity contribution is 0.312. The molecule has 1 aliphatic heterocycles. The molecule has 98 valence electrons. The molecule has 1 unspecified atom stereocenters. The Hall–Kier alpha value is -1.21. The van der Waals surface area contributed by atoms with Crippen LogP contribution in [0.25, 0.3) is 0 Å². The van der Waals surface area contributed by atoms with Gasteiger partial charge in [-0.25, -0.2) is 8.42 Å². The van der Waals surface area contributed by atoms with Crippen LogP contribution in [0, 0.1) is 18.3 Å². The van der Waals surface area contributed by atoms with Gasteiger partial charge in [-0.2, -0.15) is 9.57 Å². The van der Waals surface area contributed by atoms with Crippen LogP contribution in [0.15, 0.2) is 9.00 Å². The van der Waals surface area contributed by atoms with Gasteiger partial charge in [0, 0.05) is 25.3 Å². The summed E-state index contributed by atoms with van der Waals surface area (Å²) < 4.78 is 25.9. The molecule has 0 saturated carbocycles. The molecule has 9 heteroatoms. The van der Waals surface area contributed by atoms with Crippen molar-refractivity contribution in [2.24, 2.45) is 0 Å². The SMILES string of the molecule is Cc1[nH]c(=O)sc1S(=O)(=O)N1CCNCC1C#N. The van der Waals surface area contributed by atoms with Crippen molar-refractivity contribution in [2.75, 3.05) is 19.6 Å². The number of sulfonamides is 1. The Balaban J connectivity index is 2.45. The molecule has 2 rings (SSSR count). The number of nitrogens with one attached hydrogen (secondary N) is 2. The van der Waals surface area contributed by atoms with Crippen LogP contribution < -0.4 is 10.2 Å². The van der Waals surface area contributed by atoms with Crippen molar-refractivity contribution in [1.29, 1.82) is 5.26 Å². The van der Waals surface area contributed by atoms with Crippen molar-refractivity contribution in [3.8, 4) is 6.07 Å². The maximum atomic E-state index is 12.4. The molecule has 0 aliphatic carbocycles. The van der Waals surface area contributed by atoms with Crippen LogP contribution in [-0.4, -0.2) is 43.4 Å². The van der Waals surface area contributed by atoms with Gasteiger partial charge in [0.05, 0.1) is 6.07 Å². The van der Waals surface area contributed by atoms with Gasteiger partial charge in [0.15, 0.2) is 4.21 Å². The number of hydrogen-bond acceptors (Lipinski definition) is 6. The molecule has 1 aliphatic rings. The highest BCUT2D eigenvalue weighted by Crippen LogP contribution is 2.23. The van der Waals surface area contributed by atoms with Crippen LogP contribution in [0.5, 0.6) is 0 Å². The minimum Gasteiger partial charge on any atom is -0.315 e. The smallest absolute Gasteiger partial charge is 0.305 e. The number of H-pyrrole nitrogens is 1. The van der Waals surface area contributed by atoms with Gasteiger partial charge in [0.2, 0.25) is 0 Å². The molecule has 0 radical (unpaired) electrons. The normalized spacial score (nSPS) is 21.7. The minimum absolute atomic E-state index is 0.00495. The monoisotopic (exact) mass is 288 g/mol. The summed E-state index contributed by atoms with van der Waals surface area (Å²) in [6.07, 6.45) is 0. The zero-order valence-corrected chi connectivity index (χ0v) is 11.3. The highest BCUT2D eigenvalue weighted by atomic mass is 32.2. The molecule has 1 fully saturated rings. The van der Waals surface area contributed by atoms with E-state index in [9.17, 15) is 13.2 Å². The molecule has 0 spiro atoms. The quantitative estimate of drug-likeness (QED) is 0.743. The molecule has 1 aromatic heterocycles. The lowest BCUT2D eigenvalue weighted by atomic mass is 10.3. The van der Waals surface area contributed by atoms with E-state index in [1.54, 1.807) is 0 Å². The van der Waals surface area contributed by atoms with Gasteiger partial charge >= 0.3 is 4.87 Å². The first kappa shape index (κ1) is 13.2. The molecule has 0 aromatic carbocycles. The molecule has 1 saturated heterocycles. The standard InChI is InChI=1S/C9H12N4O3S2/c1-6-8(17-9(14)12-6)18(15,16)13-3-2-11-5-7(13)4-10/h7,11H,2-3,5H2,1H3,(H,12,14). The highest BCUT2D eigenvalue weighted by Gasteiger charge is 2.35. The second kappa shape index (κ2) is 4.81. The Bertz CT molecular complexity index is 640. The second-order valence-electron chi connectivity index (χ2n) is 3.89. The maximum absolute atomic E-state index is 12.4. The van der Waals surface area contributed by atoms with E-state index >= 15 is 0 Å². The van der Waals surface area contributed by atoms with E-state index in [-0.39, 0.29) is 10.8 Å². The van der Waals surface area contributed by atoms with Crippen LogP contribution in [-0.2, 0) is 10.0 Å². The largest absolute Gasteiger partial charge is 0.315 e. The van der Waals surface area contributed by atoms with E-state index < -0.39 is 20.9 Å². The number of rotatable bonds is 2. The molecule has 0 amide bonds. The first-order valence-corrected chi connectivity index (χ1v) is 7.54. The lowest BCUT2D eigenvalue weighted by Crippen LogP contribution is -2.52. The van der Waals surface area contributed by atoms with E-state index in [0.29, 0.717) is 30.1 Å². The Kier molecular flexibility index (Phi) is 3.54. The van der Waals surface area contributed by atoms with Crippen LogP contribution in [0.4, 0.5) is 0 Å². The summed E-state index contributed by atoms with van der Waals surface area (Å²) in [5.74, 6) is 0. The van der Waals surface area contributed by atoms with Crippen molar-refractivity contribution in [2.45, 2.75) is 17.2 Å². The van der Waals surface area contributed by atoms with Crippen molar-refractivity contribution < 1.29 is 8.42 Å². The van der Waals surface area contributed by atoms with Gasteiger partial charge in [-0.3, -0.25) is 4.79 Å². The predicted octanol–water partition coefficient (Wildman–Crippen LogP) is -0.769. The third-order valence-corrected chi connectivity index (χ3v) is 6.16. The second-order valence-corrected chi connectivity index (χ2v) is 6.96. The zero-order chi connectivity index (χ0) is 13.3. The lowest BCUT2D eigenvalue weighted by Gasteiger charge is -2.30. The van der Waals surface area contributed by atoms with Gasteiger partial charge in [-0.05, 0) is 6.92 Å². The molecule has 2 N–H and O–H groups in total. The van der Waals surface area contributed by atoms with Gasteiger partial charge in [0.25, 0.3) is 10.0 Å². The topological polar surface area (TPSA) is 106 Å². The number of thiazole rings is 1. The van der Waals surface area contributed by atoms with Crippen LogP contribution in [0.3, 0.4) is 0 Å². The molecular formula is C9H12N4O3S2. The van der Waals surface area contributed by atoms with Crippen molar-refractivity contribution in [3.63, 3.8) is 0 Å². The van der Waals surface area contributed by atoms with Crippen LogP contribution in [0.2, 0.25) is 0 Å². The summed E-state index contributed by atoms with van der Waals surface area (Å²) in [4.78, 5) is 13.2. The van der Waals surface area contributed by atoms with Crippen LogP contribution in [0.1, 0.15) is 5.69 Å². The predicted molar refractivity (Wildman–Crippen MR) is 65.8 cm³/mol. The molecule has 2 heterocycles. The fourth-order valence-electron chi connectivity index (χ4n) is 1.83.